The van der Waals surface area contributed by atoms with Gasteiger partial charge in [-0.3, -0.25) is 9.58 Å². The minimum Gasteiger partial charge on any atom is -0.393 e. The summed E-state index contributed by atoms with van der Waals surface area (Å²) in [4.78, 5) is 2.52. The van der Waals surface area contributed by atoms with Crippen LogP contribution in [0.15, 0.2) is 30.3 Å². The van der Waals surface area contributed by atoms with E-state index in [0.29, 0.717) is 6.04 Å². The summed E-state index contributed by atoms with van der Waals surface area (Å²) in [6, 6.07) is 11.0. The van der Waals surface area contributed by atoms with Crippen molar-refractivity contribution >= 4 is 0 Å². The number of hydrogen-bond acceptors (Lipinski definition) is 3. The van der Waals surface area contributed by atoms with Crippen molar-refractivity contribution in [1.29, 1.82) is 0 Å². The van der Waals surface area contributed by atoms with Gasteiger partial charge in [-0.25, -0.2) is 0 Å². The smallest absolute Gasteiger partial charge is 0.0662 e. The SMILES string of the molecule is Cc1nn(Cc2ccccc2)c(C)c1CN1CCCC1CC(C)O. The minimum atomic E-state index is -0.224. The molecule has 1 N–H and O–H groups in total. The summed E-state index contributed by atoms with van der Waals surface area (Å²) in [5.41, 5.74) is 5.02. The Hall–Kier alpha value is -1.65. The number of likely N-dealkylation sites (tertiary alicyclic amines) is 1. The van der Waals surface area contributed by atoms with E-state index in [1.807, 2.05) is 13.0 Å². The maximum Gasteiger partial charge on any atom is 0.0662 e. The van der Waals surface area contributed by atoms with Gasteiger partial charge in [-0.05, 0) is 52.1 Å². The number of hydrogen-bond donors (Lipinski definition) is 1. The molecule has 2 atom stereocenters. The number of aryl methyl sites for hydroxylation is 1. The lowest BCUT2D eigenvalue weighted by molar-refractivity contribution is 0.130. The van der Waals surface area contributed by atoms with Crippen molar-refractivity contribution < 1.29 is 5.11 Å². The third kappa shape index (κ3) is 3.87. The highest BCUT2D eigenvalue weighted by Crippen LogP contribution is 2.26. The van der Waals surface area contributed by atoms with Gasteiger partial charge in [0.05, 0.1) is 18.3 Å². The molecule has 3 rings (SSSR count). The Balaban J connectivity index is 1.74. The topological polar surface area (TPSA) is 41.3 Å². The molecule has 24 heavy (non-hydrogen) atoms. The minimum absolute atomic E-state index is 0.224. The standard InChI is InChI=1S/C20H29N3O/c1-15(24)12-19-10-7-11-22(19)14-20-16(2)21-23(17(20)3)13-18-8-5-4-6-9-18/h4-6,8-9,15,19,24H,7,10-14H2,1-3H3. The van der Waals surface area contributed by atoms with Crippen molar-refractivity contribution in [2.24, 2.45) is 0 Å². The number of aromatic nitrogens is 2. The third-order valence-electron chi connectivity index (χ3n) is 5.18. The van der Waals surface area contributed by atoms with Gasteiger partial charge in [0.1, 0.15) is 0 Å². The van der Waals surface area contributed by atoms with Gasteiger partial charge in [0, 0.05) is 23.8 Å². The van der Waals surface area contributed by atoms with Gasteiger partial charge in [0.2, 0.25) is 0 Å². The lowest BCUT2D eigenvalue weighted by Crippen LogP contribution is -2.31. The predicted molar refractivity (Wildman–Crippen MR) is 97.0 cm³/mol. The van der Waals surface area contributed by atoms with Crippen molar-refractivity contribution in [2.45, 2.75) is 65.3 Å². The second-order valence-electron chi connectivity index (χ2n) is 7.14. The van der Waals surface area contributed by atoms with Gasteiger partial charge in [0.15, 0.2) is 0 Å². The average molecular weight is 327 g/mol. The number of benzene rings is 1. The second-order valence-corrected chi connectivity index (χ2v) is 7.14. The van der Waals surface area contributed by atoms with E-state index in [-0.39, 0.29) is 6.10 Å². The van der Waals surface area contributed by atoms with Crippen molar-refractivity contribution in [1.82, 2.24) is 14.7 Å². The lowest BCUT2D eigenvalue weighted by Gasteiger charge is -2.25. The molecule has 2 heterocycles. The molecule has 2 unspecified atom stereocenters. The first-order chi connectivity index (χ1) is 11.5. The summed E-state index contributed by atoms with van der Waals surface area (Å²) in [5, 5.41) is 14.5. The number of aliphatic hydroxyl groups is 1. The molecular weight excluding hydrogens is 298 g/mol. The Morgan fingerprint density at radius 2 is 1.96 bits per heavy atom. The Kier molecular flexibility index (Phi) is 5.36. The monoisotopic (exact) mass is 327 g/mol. The van der Waals surface area contributed by atoms with E-state index in [1.165, 1.54) is 29.7 Å². The molecule has 1 aromatic heterocycles. The van der Waals surface area contributed by atoms with E-state index >= 15 is 0 Å². The maximum atomic E-state index is 9.73. The lowest BCUT2D eigenvalue weighted by atomic mass is 10.1. The average Bonchev–Trinajstić information content (AvgIpc) is 3.08. The van der Waals surface area contributed by atoms with Crippen LogP contribution in [0.5, 0.6) is 0 Å². The molecule has 0 spiro atoms. The zero-order valence-electron chi connectivity index (χ0n) is 15.1. The van der Waals surface area contributed by atoms with E-state index in [0.717, 1.165) is 31.7 Å². The van der Waals surface area contributed by atoms with E-state index < -0.39 is 0 Å². The summed E-state index contributed by atoms with van der Waals surface area (Å²) >= 11 is 0. The molecule has 130 valence electrons. The Morgan fingerprint density at radius 3 is 2.67 bits per heavy atom. The summed E-state index contributed by atoms with van der Waals surface area (Å²) < 4.78 is 2.12. The van der Waals surface area contributed by atoms with Crippen LogP contribution >= 0.6 is 0 Å². The quantitative estimate of drug-likeness (QED) is 0.885. The largest absolute Gasteiger partial charge is 0.393 e. The van der Waals surface area contributed by atoms with Gasteiger partial charge in [-0.2, -0.15) is 5.10 Å². The van der Waals surface area contributed by atoms with Crippen LogP contribution in [0.4, 0.5) is 0 Å². The van der Waals surface area contributed by atoms with Gasteiger partial charge in [-0.15, -0.1) is 0 Å². The number of rotatable bonds is 6. The van der Waals surface area contributed by atoms with E-state index in [4.69, 9.17) is 5.10 Å². The van der Waals surface area contributed by atoms with Crippen LogP contribution in [0.3, 0.4) is 0 Å². The zero-order chi connectivity index (χ0) is 17.1. The molecular formula is C20H29N3O. The number of aliphatic hydroxyl groups excluding tert-OH is 1. The van der Waals surface area contributed by atoms with E-state index in [1.54, 1.807) is 0 Å². The fraction of sp³-hybridized carbons (Fsp3) is 0.550. The van der Waals surface area contributed by atoms with Gasteiger partial charge < -0.3 is 5.11 Å². The van der Waals surface area contributed by atoms with Gasteiger partial charge in [0.25, 0.3) is 0 Å². The predicted octanol–water partition coefficient (Wildman–Crippen LogP) is 3.28. The molecule has 0 bridgehead atoms. The summed E-state index contributed by atoms with van der Waals surface area (Å²) in [6.07, 6.45) is 3.07. The van der Waals surface area contributed by atoms with Crippen molar-refractivity contribution in [2.75, 3.05) is 6.54 Å². The van der Waals surface area contributed by atoms with Crippen molar-refractivity contribution in [3.05, 3.63) is 52.8 Å². The molecule has 1 saturated heterocycles. The van der Waals surface area contributed by atoms with Crippen molar-refractivity contribution in [3.63, 3.8) is 0 Å². The Morgan fingerprint density at radius 1 is 1.21 bits per heavy atom. The molecule has 4 nitrogen and oxygen atoms in total. The van der Waals surface area contributed by atoms with Crippen LogP contribution in [0.25, 0.3) is 0 Å². The highest BCUT2D eigenvalue weighted by molar-refractivity contribution is 5.26. The molecule has 0 radical (unpaired) electrons. The molecule has 2 aromatic rings. The summed E-state index contributed by atoms with van der Waals surface area (Å²) in [7, 11) is 0. The molecule has 1 aliphatic rings. The van der Waals surface area contributed by atoms with Crippen LogP contribution in [0.1, 0.15) is 48.7 Å². The highest BCUT2D eigenvalue weighted by atomic mass is 16.3. The second kappa shape index (κ2) is 7.49. The fourth-order valence-corrected chi connectivity index (χ4v) is 3.84. The van der Waals surface area contributed by atoms with Crippen LogP contribution in [0.2, 0.25) is 0 Å². The molecule has 1 aromatic carbocycles. The van der Waals surface area contributed by atoms with Crippen LogP contribution in [0, 0.1) is 13.8 Å². The van der Waals surface area contributed by atoms with E-state index in [9.17, 15) is 5.11 Å². The van der Waals surface area contributed by atoms with Crippen LogP contribution in [-0.2, 0) is 13.1 Å². The Labute approximate surface area is 145 Å². The third-order valence-corrected chi connectivity index (χ3v) is 5.18. The highest BCUT2D eigenvalue weighted by Gasteiger charge is 2.27. The summed E-state index contributed by atoms with van der Waals surface area (Å²) in [6.45, 7) is 9.08. The summed E-state index contributed by atoms with van der Waals surface area (Å²) in [5.74, 6) is 0. The molecule has 1 aliphatic heterocycles. The molecule has 4 heteroatoms. The molecule has 0 amide bonds. The van der Waals surface area contributed by atoms with Gasteiger partial charge >= 0.3 is 0 Å². The first kappa shape index (κ1) is 17.2. The van der Waals surface area contributed by atoms with Crippen molar-refractivity contribution in [3.8, 4) is 0 Å². The van der Waals surface area contributed by atoms with Crippen LogP contribution < -0.4 is 0 Å². The molecule has 1 fully saturated rings. The first-order valence-electron chi connectivity index (χ1n) is 9.03. The number of nitrogens with zero attached hydrogens (tertiary/aromatic N) is 3. The maximum absolute atomic E-state index is 9.73. The molecule has 0 aliphatic carbocycles. The van der Waals surface area contributed by atoms with Gasteiger partial charge in [-0.1, -0.05) is 30.3 Å². The molecule has 0 saturated carbocycles. The first-order valence-corrected chi connectivity index (χ1v) is 9.03. The Bertz CT molecular complexity index is 663. The van der Waals surface area contributed by atoms with Crippen LogP contribution in [-0.4, -0.2) is 38.5 Å². The normalized spacial score (nSPS) is 19.8. The zero-order valence-corrected chi connectivity index (χ0v) is 15.1. The fourth-order valence-electron chi connectivity index (χ4n) is 3.84. The van der Waals surface area contributed by atoms with E-state index in [2.05, 4.69) is 47.7 Å².